The number of pyridine rings is 2. The molecule has 4 aromatic rings. The largest absolute Gasteiger partial charge is 0.433 e. The van der Waals surface area contributed by atoms with Gasteiger partial charge in [-0.3, -0.25) is 9.55 Å². The Morgan fingerprint density at radius 3 is 2.22 bits per heavy atom. The van der Waals surface area contributed by atoms with Crippen molar-refractivity contribution in [3.63, 3.8) is 0 Å². The van der Waals surface area contributed by atoms with E-state index in [1.807, 2.05) is 0 Å². The molecule has 36 heavy (non-hydrogen) atoms. The molecule has 4 rings (SSSR count). The third kappa shape index (κ3) is 5.40. The van der Waals surface area contributed by atoms with E-state index in [0.717, 1.165) is 18.3 Å². The first-order chi connectivity index (χ1) is 16.7. The highest BCUT2D eigenvalue weighted by molar-refractivity contribution is 5.58. The Balaban J connectivity index is 1.86. The number of alkyl halides is 6. The van der Waals surface area contributed by atoms with Crippen LogP contribution in [-0.2, 0) is 18.0 Å². The zero-order valence-corrected chi connectivity index (χ0v) is 18.5. The summed E-state index contributed by atoms with van der Waals surface area (Å²) in [7, 11) is 0. The maximum absolute atomic E-state index is 13.2. The van der Waals surface area contributed by atoms with Gasteiger partial charge in [0.25, 0.3) is 0 Å². The standard InChI is InChI=1S/C21H16F6N8O/c1-19(2,36)16-29-8-9-35(16)18-33-15(12-4-3-5-13(31-12)20(22,23)24)32-17(34-18)30-11-6-7-28-14(10-11)21(25,26)27/h3-10,36H,1-2H3,(H,28,30,32,33,34). The number of nitrogens with one attached hydrogen (secondary N) is 1. The number of aliphatic hydroxyl groups is 1. The second-order valence-electron chi connectivity index (χ2n) is 7.92. The van der Waals surface area contributed by atoms with Crippen molar-refractivity contribution in [1.29, 1.82) is 0 Å². The van der Waals surface area contributed by atoms with Crippen LogP contribution in [0, 0.1) is 0 Å². The molecule has 0 saturated carbocycles. The zero-order valence-electron chi connectivity index (χ0n) is 18.5. The van der Waals surface area contributed by atoms with Crippen LogP contribution in [0.25, 0.3) is 17.5 Å². The summed E-state index contributed by atoms with van der Waals surface area (Å²) in [5.74, 6) is -0.703. The molecule has 0 spiro atoms. The number of aromatic nitrogens is 7. The van der Waals surface area contributed by atoms with Crippen molar-refractivity contribution < 1.29 is 31.4 Å². The number of hydrogen-bond acceptors (Lipinski definition) is 8. The lowest BCUT2D eigenvalue weighted by Gasteiger charge is -2.18. The van der Waals surface area contributed by atoms with E-state index in [2.05, 4.69) is 35.2 Å². The number of halogens is 6. The van der Waals surface area contributed by atoms with Crippen molar-refractivity contribution in [3.8, 4) is 17.5 Å². The second-order valence-corrected chi connectivity index (χ2v) is 7.92. The van der Waals surface area contributed by atoms with Crippen LogP contribution in [-0.4, -0.2) is 39.6 Å². The Hall–Kier alpha value is -4.14. The SMILES string of the molecule is CC(C)(O)c1nccn1-c1nc(Nc2ccnc(C(F)(F)F)c2)nc(-c2cccc(C(F)(F)F)n2)n1. The summed E-state index contributed by atoms with van der Waals surface area (Å²) in [6.45, 7) is 2.88. The van der Waals surface area contributed by atoms with Crippen LogP contribution >= 0.6 is 0 Å². The predicted octanol–water partition coefficient (Wildman–Crippen LogP) is 4.52. The van der Waals surface area contributed by atoms with Crippen molar-refractivity contribution in [2.45, 2.75) is 31.8 Å². The van der Waals surface area contributed by atoms with Gasteiger partial charge in [0, 0.05) is 24.3 Å². The first kappa shape index (κ1) is 25.0. The molecule has 4 heterocycles. The van der Waals surface area contributed by atoms with Crippen LogP contribution in [0.15, 0.2) is 48.9 Å². The summed E-state index contributed by atoms with van der Waals surface area (Å²) in [6.07, 6.45) is -5.80. The number of nitrogens with zero attached hydrogens (tertiary/aromatic N) is 7. The third-order valence-electron chi connectivity index (χ3n) is 4.60. The lowest BCUT2D eigenvalue weighted by atomic mass is 10.1. The molecular formula is C21H16F6N8O. The summed E-state index contributed by atoms with van der Waals surface area (Å²) in [6, 6.07) is 5.05. The molecule has 0 aliphatic rings. The lowest BCUT2D eigenvalue weighted by Crippen LogP contribution is -2.22. The average molecular weight is 510 g/mol. The molecule has 2 N–H and O–H groups in total. The number of rotatable bonds is 5. The van der Waals surface area contributed by atoms with E-state index in [0.29, 0.717) is 6.07 Å². The molecule has 4 aromatic heterocycles. The van der Waals surface area contributed by atoms with E-state index < -0.39 is 29.3 Å². The van der Waals surface area contributed by atoms with Crippen molar-refractivity contribution in [2.75, 3.05) is 5.32 Å². The highest BCUT2D eigenvalue weighted by Crippen LogP contribution is 2.31. The van der Waals surface area contributed by atoms with E-state index in [9.17, 15) is 31.4 Å². The van der Waals surface area contributed by atoms with E-state index in [1.54, 1.807) is 0 Å². The van der Waals surface area contributed by atoms with E-state index >= 15 is 0 Å². The first-order valence-corrected chi connectivity index (χ1v) is 10.1. The predicted molar refractivity (Wildman–Crippen MR) is 113 cm³/mol. The Kier molecular flexibility index (Phi) is 6.12. The minimum Gasteiger partial charge on any atom is -0.382 e. The van der Waals surface area contributed by atoms with Gasteiger partial charge < -0.3 is 10.4 Å². The molecule has 0 saturated heterocycles. The number of imidazole rings is 1. The Labute approximate surface area is 199 Å². The third-order valence-corrected chi connectivity index (χ3v) is 4.60. The molecule has 0 atom stereocenters. The smallest absolute Gasteiger partial charge is 0.382 e. The highest BCUT2D eigenvalue weighted by atomic mass is 19.4. The first-order valence-electron chi connectivity index (χ1n) is 10.1. The summed E-state index contributed by atoms with van der Waals surface area (Å²) in [5.41, 5.74) is -4.20. The second kappa shape index (κ2) is 8.82. The Morgan fingerprint density at radius 2 is 1.56 bits per heavy atom. The Morgan fingerprint density at radius 1 is 0.833 bits per heavy atom. The van der Waals surface area contributed by atoms with E-state index in [1.165, 1.54) is 42.9 Å². The van der Waals surface area contributed by atoms with Crippen molar-refractivity contribution in [3.05, 3.63) is 66.1 Å². The maximum atomic E-state index is 13.2. The van der Waals surface area contributed by atoms with Crippen molar-refractivity contribution in [2.24, 2.45) is 0 Å². The average Bonchev–Trinajstić information content (AvgIpc) is 3.29. The van der Waals surface area contributed by atoms with E-state index in [-0.39, 0.29) is 34.9 Å². The molecule has 188 valence electrons. The summed E-state index contributed by atoms with van der Waals surface area (Å²) in [4.78, 5) is 23.3. The van der Waals surface area contributed by atoms with Crippen molar-refractivity contribution >= 4 is 11.6 Å². The van der Waals surface area contributed by atoms with Crippen LogP contribution in [0.5, 0.6) is 0 Å². The minimum atomic E-state index is -4.74. The molecule has 0 aromatic carbocycles. The zero-order chi connectivity index (χ0) is 26.3. The van der Waals surface area contributed by atoms with Crippen LogP contribution in [0.1, 0.15) is 31.1 Å². The molecule has 0 fully saturated rings. The molecule has 0 bridgehead atoms. The molecule has 0 radical (unpaired) electrons. The quantitative estimate of drug-likeness (QED) is 0.377. The van der Waals surface area contributed by atoms with Crippen molar-refractivity contribution in [1.82, 2.24) is 34.5 Å². The van der Waals surface area contributed by atoms with Gasteiger partial charge in [0.15, 0.2) is 5.82 Å². The lowest BCUT2D eigenvalue weighted by molar-refractivity contribution is -0.141. The van der Waals surface area contributed by atoms with Gasteiger partial charge in [0.1, 0.15) is 28.5 Å². The van der Waals surface area contributed by atoms with Gasteiger partial charge in [-0.2, -0.15) is 41.3 Å². The van der Waals surface area contributed by atoms with Crippen LogP contribution < -0.4 is 5.32 Å². The normalized spacial score (nSPS) is 12.6. The van der Waals surface area contributed by atoms with Crippen LogP contribution in [0.3, 0.4) is 0 Å². The highest BCUT2D eigenvalue weighted by Gasteiger charge is 2.34. The number of hydrogen-bond donors (Lipinski definition) is 2. The fraction of sp³-hybridized carbons (Fsp3) is 0.238. The molecule has 9 nitrogen and oxygen atoms in total. The fourth-order valence-electron chi connectivity index (χ4n) is 3.07. The summed E-state index contributed by atoms with van der Waals surface area (Å²) in [5, 5.41) is 13.0. The molecule has 0 aliphatic carbocycles. The summed E-state index contributed by atoms with van der Waals surface area (Å²) >= 11 is 0. The number of anilines is 2. The van der Waals surface area contributed by atoms with Crippen LogP contribution in [0.4, 0.5) is 38.0 Å². The maximum Gasteiger partial charge on any atom is 0.433 e. The fourth-order valence-corrected chi connectivity index (χ4v) is 3.07. The summed E-state index contributed by atoms with van der Waals surface area (Å²) < 4.78 is 80.1. The topological polar surface area (TPSA) is 115 Å². The van der Waals surface area contributed by atoms with Gasteiger partial charge in [-0.25, -0.2) is 9.97 Å². The van der Waals surface area contributed by atoms with Gasteiger partial charge in [-0.1, -0.05) is 6.07 Å². The molecule has 15 heteroatoms. The molecular weight excluding hydrogens is 494 g/mol. The van der Waals surface area contributed by atoms with Gasteiger partial charge in [-0.05, 0) is 38.1 Å². The minimum absolute atomic E-state index is 0.0888. The van der Waals surface area contributed by atoms with Gasteiger partial charge in [0.2, 0.25) is 11.9 Å². The van der Waals surface area contributed by atoms with E-state index in [4.69, 9.17) is 0 Å². The monoisotopic (exact) mass is 510 g/mol. The van der Waals surface area contributed by atoms with Gasteiger partial charge >= 0.3 is 12.4 Å². The van der Waals surface area contributed by atoms with Gasteiger partial charge in [0.05, 0.1) is 0 Å². The molecule has 0 unspecified atom stereocenters. The van der Waals surface area contributed by atoms with Crippen LogP contribution in [0.2, 0.25) is 0 Å². The molecule has 0 aliphatic heterocycles. The van der Waals surface area contributed by atoms with Gasteiger partial charge in [-0.15, -0.1) is 0 Å². The molecule has 0 amide bonds. The Bertz CT molecular complexity index is 1390.